The molecule has 160 valence electrons. The molecule has 0 unspecified atom stereocenters. The first kappa shape index (κ1) is 21.9. The summed E-state index contributed by atoms with van der Waals surface area (Å²) in [5.74, 6) is -0.455. The number of carbonyl (C=O) groups excluding carboxylic acids is 1. The molecule has 0 spiro atoms. The van der Waals surface area contributed by atoms with Crippen molar-refractivity contribution in [2.24, 2.45) is 10.2 Å². The number of aromatic amines is 1. The summed E-state index contributed by atoms with van der Waals surface area (Å²) in [4.78, 5) is 35.1. The predicted molar refractivity (Wildman–Crippen MR) is 114 cm³/mol. The molecule has 3 rings (SSSR count). The van der Waals surface area contributed by atoms with Crippen molar-refractivity contribution in [1.29, 1.82) is 0 Å². The van der Waals surface area contributed by atoms with Crippen molar-refractivity contribution in [1.82, 2.24) is 9.78 Å². The second-order valence-corrected chi connectivity index (χ2v) is 7.23. The number of nitro benzene ring substituents is 1. The second kappa shape index (κ2) is 8.92. The maximum atomic E-state index is 12.8. The minimum atomic E-state index is -0.628. The third kappa shape index (κ3) is 4.86. The number of azo groups is 1. The Morgan fingerprint density at radius 3 is 2.48 bits per heavy atom. The van der Waals surface area contributed by atoms with E-state index in [0.717, 1.165) is 0 Å². The number of rotatable bonds is 6. The zero-order valence-corrected chi connectivity index (χ0v) is 17.6. The second-order valence-electron chi connectivity index (χ2n) is 6.82. The maximum absolute atomic E-state index is 12.8. The topological polar surface area (TPSA) is 132 Å². The van der Waals surface area contributed by atoms with Crippen molar-refractivity contribution in [2.75, 3.05) is 0 Å². The molecule has 2 aromatic carbocycles. The number of nitrogens with zero attached hydrogens (tertiary/aromatic N) is 4. The van der Waals surface area contributed by atoms with Crippen molar-refractivity contribution in [3.8, 4) is 5.69 Å². The van der Waals surface area contributed by atoms with E-state index in [4.69, 9.17) is 16.3 Å². The van der Waals surface area contributed by atoms with Crippen LogP contribution in [-0.4, -0.2) is 26.8 Å². The number of aromatic nitrogens is 2. The first-order valence-corrected chi connectivity index (χ1v) is 9.54. The van der Waals surface area contributed by atoms with Gasteiger partial charge in [0.15, 0.2) is 5.69 Å². The molecule has 3 aromatic rings. The molecule has 0 amide bonds. The molecule has 0 aliphatic heterocycles. The molecule has 31 heavy (non-hydrogen) atoms. The van der Waals surface area contributed by atoms with Gasteiger partial charge >= 0.3 is 5.97 Å². The van der Waals surface area contributed by atoms with Gasteiger partial charge < -0.3 is 4.74 Å². The minimum absolute atomic E-state index is 0.0233. The number of aryl methyl sites for hydroxylation is 1. The highest BCUT2D eigenvalue weighted by atomic mass is 35.5. The lowest BCUT2D eigenvalue weighted by atomic mass is 10.2. The number of nitro groups is 1. The lowest BCUT2D eigenvalue weighted by Gasteiger charge is -2.08. The smallest absolute Gasteiger partial charge is 0.338 e. The summed E-state index contributed by atoms with van der Waals surface area (Å²) in [5, 5.41) is 21.7. The Bertz CT molecular complexity index is 1230. The van der Waals surface area contributed by atoms with Gasteiger partial charge in [-0.2, -0.15) is 5.11 Å². The van der Waals surface area contributed by atoms with Crippen molar-refractivity contribution in [3.63, 3.8) is 0 Å². The van der Waals surface area contributed by atoms with Crippen molar-refractivity contribution in [2.45, 2.75) is 26.9 Å². The molecular weight excluding hydrogens is 426 g/mol. The highest BCUT2D eigenvalue weighted by Gasteiger charge is 2.15. The van der Waals surface area contributed by atoms with E-state index in [1.54, 1.807) is 45.0 Å². The van der Waals surface area contributed by atoms with E-state index in [-0.39, 0.29) is 28.2 Å². The quantitative estimate of drug-likeness (QED) is 0.247. The van der Waals surface area contributed by atoms with Crippen LogP contribution in [0.1, 0.15) is 29.9 Å². The van der Waals surface area contributed by atoms with E-state index in [1.165, 1.54) is 22.9 Å². The summed E-state index contributed by atoms with van der Waals surface area (Å²) < 4.78 is 6.40. The van der Waals surface area contributed by atoms with E-state index in [0.29, 0.717) is 16.9 Å². The Balaban J connectivity index is 1.88. The van der Waals surface area contributed by atoms with Crippen LogP contribution in [0, 0.1) is 17.0 Å². The standard InChI is InChI=1S/C20H18ClN5O5/c1-11(2)31-20(28)13-4-7-15(8-5-13)25-19(27)18(12(3)24-25)23-22-14-6-9-16(21)17(10-14)26(29)30/h4-11,24H,1-3H3. The van der Waals surface area contributed by atoms with Crippen LogP contribution < -0.4 is 5.56 Å². The lowest BCUT2D eigenvalue weighted by Crippen LogP contribution is -2.15. The number of halogens is 1. The van der Waals surface area contributed by atoms with E-state index in [2.05, 4.69) is 15.3 Å². The van der Waals surface area contributed by atoms with Gasteiger partial charge in [0.2, 0.25) is 0 Å². The normalized spacial score (nSPS) is 11.3. The number of ether oxygens (including phenoxy) is 1. The highest BCUT2D eigenvalue weighted by Crippen LogP contribution is 2.29. The molecule has 11 heteroatoms. The number of hydrogen-bond acceptors (Lipinski definition) is 7. The summed E-state index contributed by atoms with van der Waals surface area (Å²) in [7, 11) is 0. The highest BCUT2D eigenvalue weighted by molar-refractivity contribution is 6.32. The molecule has 10 nitrogen and oxygen atoms in total. The molecule has 0 fully saturated rings. The monoisotopic (exact) mass is 443 g/mol. The Labute approximate surface area is 181 Å². The largest absolute Gasteiger partial charge is 0.459 e. The van der Waals surface area contributed by atoms with E-state index in [1.807, 2.05) is 0 Å². The number of benzene rings is 2. The van der Waals surface area contributed by atoms with Gasteiger partial charge in [-0.25, -0.2) is 9.48 Å². The van der Waals surface area contributed by atoms with Crippen LogP contribution in [0.3, 0.4) is 0 Å². The summed E-state index contributed by atoms with van der Waals surface area (Å²) in [6, 6.07) is 10.3. The zero-order chi connectivity index (χ0) is 22.7. The third-order valence-corrected chi connectivity index (χ3v) is 4.46. The molecule has 1 aromatic heterocycles. The van der Waals surface area contributed by atoms with Crippen LogP contribution in [0.15, 0.2) is 57.5 Å². The van der Waals surface area contributed by atoms with Crippen molar-refractivity contribution < 1.29 is 14.5 Å². The van der Waals surface area contributed by atoms with Crippen LogP contribution in [0.5, 0.6) is 0 Å². The fraction of sp³-hybridized carbons (Fsp3) is 0.200. The Hall–Kier alpha value is -3.79. The molecule has 0 saturated heterocycles. The number of esters is 1. The predicted octanol–water partition coefficient (Wildman–Crippen LogP) is 5.02. The average molecular weight is 444 g/mol. The van der Waals surface area contributed by atoms with Gasteiger partial charge in [-0.05, 0) is 57.2 Å². The van der Waals surface area contributed by atoms with E-state index < -0.39 is 16.5 Å². The lowest BCUT2D eigenvalue weighted by molar-refractivity contribution is -0.384. The summed E-state index contributed by atoms with van der Waals surface area (Å²) >= 11 is 5.78. The van der Waals surface area contributed by atoms with Crippen LogP contribution in [0.2, 0.25) is 5.02 Å². The van der Waals surface area contributed by atoms with Crippen LogP contribution in [-0.2, 0) is 4.74 Å². The van der Waals surface area contributed by atoms with Crippen LogP contribution in [0.4, 0.5) is 17.1 Å². The van der Waals surface area contributed by atoms with Gasteiger partial charge in [0, 0.05) is 6.07 Å². The Kier molecular flexibility index (Phi) is 6.30. The Morgan fingerprint density at radius 1 is 1.19 bits per heavy atom. The molecular formula is C20H18ClN5O5. The molecule has 1 heterocycles. The first-order valence-electron chi connectivity index (χ1n) is 9.16. The molecule has 1 N–H and O–H groups in total. The summed E-state index contributed by atoms with van der Waals surface area (Å²) in [6.07, 6.45) is -0.240. The van der Waals surface area contributed by atoms with E-state index >= 15 is 0 Å². The summed E-state index contributed by atoms with van der Waals surface area (Å²) in [6.45, 7) is 5.16. The van der Waals surface area contributed by atoms with Gasteiger partial charge in [-0.15, -0.1) is 5.11 Å². The fourth-order valence-electron chi connectivity index (χ4n) is 2.68. The first-order chi connectivity index (χ1) is 14.7. The minimum Gasteiger partial charge on any atom is -0.459 e. The summed E-state index contributed by atoms with van der Waals surface area (Å²) in [5.41, 5.74) is 0.729. The molecule has 0 radical (unpaired) electrons. The number of nitrogens with one attached hydrogen (secondary N) is 1. The van der Waals surface area contributed by atoms with Gasteiger partial charge in [-0.1, -0.05) is 11.6 Å². The van der Waals surface area contributed by atoms with Gasteiger partial charge in [0.1, 0.15) is 5.02 Å². The van der Waals surface area contributed by atoms with Crippen molar-refractivity contribution >= 4 is 34.6 Å². The molecule has 0 aliphatic rings. The molecule has 0 bridgehead atoms. The van der Waals surface area contributed by atoms with Crippen LogP contribution >= 0.6 is 11.6 Å². The van der Waals surface area contributed by atoms with E-state index in [9.17, 15) is 19.7 Å². The Morgan fingerprint density at radius 2 is 1.87 bits per heavy atom. The number of carbonyl (C=O) groups is 1. The van der Waals surface area contributed by atoms with Gasteiger partial charge in [-0.3, -0.25) is 20.0 Å². The zero-order valence-electron chi connectivity index (χ0n) is 16.8. The van der Waals surface area contributed by atoms with Gasteiger partial charge in [0.25, 0.3) is 11.2 Å². The van der Waals surface area contributed by atoms with Crippen LogP contribution in [0.25, 0.3) is 5.69 Å². The molecule has 0 saturated carbocycles. The van der Waals surface area contributed by atoms with Crippen molar-refractivity contribution in [3.05, 3.63) is 79.2 Å². The average Bonchev–Trinajstić information content (AvgIpc) is 3.00. The number of hydrogen-bond donors (Lipinski definition) is 1. The maximum Gasteiger partial charge on any atom is 0.338 e. The number of H-pyrrole nitrogens is 1. The molecule has 0 aliphatic carbocycles. The molecule has 0 atom stereocenters. The SMILES string of the molecule is Cc1[nH]n(-c2ccc(C(=O)OC(C)C)cc2)c(=O)c1N=Nc1ccc(Cl)c([N+](=O)[O-])c1. The fourth-order valence-corrected chi connectivity index (χ4v) is 2.86. The van der Waals surface area contributed by atoms with Gasteiger partial charge in [0.05, 0.1) is 33.7 Å². The third-order valence-electron chi connectivity index (χ3n) is 4.14.